The molecule has 0 aromatic heterocycles. The summed E-state index contributed by atoms with van der Waals surface area (Å²) >= 11 is 7.31. The largest absolute Gasteiger partial charge is 0.478 e. The van der Waals surface area contributed by atoms with Crippen molar-refractivity contribution in [2.75, 3.05) is 11.9 Å². The van der Waals surface area contributed by atoms with Crippen LogP contribution in [-0.4, -0.2) is 44.8 Å². The number of carboxylic acid groups (broad SMARTS) is 1. The maximum atomic E-state index is 13.1. The first-order chi connectivity index (χ1) is 16.9. The molecule has 0 radical (unpaired) electrons. The van der Waals surface area contributed by atoms with Gasteiger partial charge in [0, 0.05) is 23.7 Å². The Morgan fingerprint density at radius 1 is 1.06 bits per heavy atom. The zero-order chi connectivity index (χ0) is 24.8. The summed E-state index contributed by atoms with van der Waals surface area (Å²) in [5.74, 6) is -1.69. The molecule has 0 bridgehead atoms. The maximum absolute atomic E-state index is 13.1. The average Bonchev–Trinajstić information content (AvgIpc) is 2.84. The second-order valence-electron chi connectivity index (χ2n) is 7.84. The third-order valence-electron chi connectivity index (χ3n) is 5.31. The lowest BCUT2D eigenvalue weighted by atomic mass is 10.1. The van der Waals surface area contributed by atoms with Gasteiger partial charge in [0.25, 0.3) is 0 Å². The van der Waals surface area contributed by atoms with E-state index in [0.29, 0.717) is 34.5 Å². The number of hydrogen-bond donors (Lipinski definition) is 2. The number of nitrogens with zero attached hydrogens (tertiary/aromatic N) is 2. The summed E-state index contributed by atoms with van der Waals surface area (Å²) in [6, 6.07) is 22.8. The molecule has 9 heteroatoms. The molecule has 7 nitrogen and oxygen atoms in total. The van der Waals surface area contributed by atoms with E-state index < -0.39 is 17.1 Å². The number of thioether (sulfide) groups is 1. The number of benzene rings is 3. The van der Waals surface area contributed by atoms with Gasteiger partial charge >= 0.3 is 5.97 Å². The molecule has 3 aromatic rings. The van der Waals surface area contributed by atoms with Gasteiger partial charge in [-0.3, -0.25) is 14.5 Å². The van der Waals surface area contributed by atoms with Gasteiger partial charge in [-0.25, -0.2) is 9.79 Å². The van der Waals surface area contributed by atoms with Crippen molar-refractivity contribution in [3.05, 3.63) is 95.0 Å². The van der Waals surface area contributed by atoms with Gasteiger partial charge in [0.2, 0.25) is 11.8 Å². The fraction of sp³-hybridized carbons (Fsp3) is 0.154. The van der Waals surface area contributed by atoms with Crippen molar-refractivity contribution in [2.45, 2.75) is 18.1 Å². The maximum Gasteiger partial charge on any atom is 0.335 e. The molecule has 0 aliphatic carbocycles. The van der Waals surface area contributed by atoms with Crippen LogP contribution in [0.3, 0.4) is 0 Å². The van der Waals surface area contributed by atoms with E-state index >= 15 is 0 Å². The van der Waals surface area contributed by atoms with Crippen LogP contribution in [-0.2, 0) is 16.0 Å². The smallest absolute Gasteiger partial charge is 0.335 e. The Bertz CT molecular complexity index is 1280. The number of aliphatic imine (C=N–C) groups is 1. The minimum absolute atomic E-state index is 0.00151. The molecule has 0 spiro atoms. The predicted molar refractivity (Wildman–Crippen MR) is 138 cm³/mol. The molecule has 2 amide bonds. The van der Waals surface area contributed by atoms with Crippen LogP contribution in [0, 0.1) is 0 Å². The highest BCUT2D eigenvalue weighted by atomic mass is 35.5. The van der Waals surface area contributed by atoms with Crippen LogP contribution < -0.4 is 5.32 Å². The lowest BCUT2D eigenvalue weighted by Gasteiger charge is -2.32. The molecule has 4 rings (SSSR count). The van der Waals surface area contributed by atoms with E-state index in [0.717, 1.165) is 5.56 Å². The molecule has 0 saturated carbocycles. The van der Waals surface area contributed by atoms with E-state index in [1.165, 1.54) is 23.9 Å². The number of amides is 2. The molecule has 35 heavy (non-hydrogen) atoms. The van der Waals surface area contributed by atoms with Gasteiger partial charge in [-0.2, -0.15) is 0 Å². The van der Waals surface area contributed by atoms with Crippen molar-refractivity contribution in [2.24, 2.45) is 4.99 Å². The van der Waals surface area contributed by atoms with E-state index in [-0.39, 0.29) is 17.9 Å². The lowest BCUT2D eigenvalue weighted by molar-refractivity contribution is -0.129. The minimum atomic E-state index is -1.09. The summed E-state index contributed by atoms with van der Waals surface area (Å²) in [4.78, 5) is 43.6. The van der Waals surface area contributed by atoms with Crippen molar-refractivity contribution in [3.8, 4) is 0 Å². The topological polar surface area (TPSA) is 99.1 Å². The highest BCUT2D eigenvalue weighted by Gasteiger charge is 2.35. The van der Waals surface area contributed by atoms with Gasteiger partial charge < -0.3 is 10.4 Å². The molecular weight excluding hydrogens is 486 g/mol. The normalized spacial score (nSPS) is 16.8. The van der Waals surface area contributed by atoms with Gasteiger partial charge in [-0.05, 0) is 48.4 Å². The highest BCUT2D eigenvalue weighted by molar-refractivity contribution is 8.15. The van der Waals surface area contributed by atoms with Crippen LogP contribution >= 0.6 is 23.4 Å². The monoisotopic (exact) mass is 507 g/mol. The molecule has 3 aromatic carbocycles. The van der Waals surface area contributed by atoms with Gasteiger partial charge in [0.15, 0.2) is 5.17 Å². The van der Waals surface area contributed by atoms with Gasteiger partial charge in [0.1, 0.15) is 5.25 Å². The first-order valence-electron chi connectivity index (χ1n) is 10.9. The van der Waals surface area contributed by atoms with E-state index in [1.54, 1.807) is 41.3 Å². The van der Waals surface area contributed by atoms with E-state index in [2.05, 4.69) is 10.3 Å². The zero-order valence-electron chi connectivity index (χ0n) is 18.6. The quantitative estimate of drug-likeness (QED) is 0.455. The number of halogens is 1. The van der Waals surface area contributed by atoms with Crippen LogP contribution in [0.2, 0.25) is 5.02 Å². The number of carbonyl (C=O) groups excluding carboxylic acids is 2. The standard InChI is InChI=1S/C26H22ClN3O4S/c27-19-9-5-11-21(15-19)29-26-30(13-12-17-6-2-1-3-7-17)23(31)16-22(35-26)24(32)28-20-10-4-8-18(14-20)25(33)34/h1-11,14-15,22H,12-13,16H2,(H,28,32)(H,33,34). The minimum Gasteiger partial charge on any atom is -0.478 e. The van der Waals surface area contributed by atoms with Crippen molar-refractivity contribution in [1.29, 1.82) is 0 Å². The van der Waals surface area contributed by atoms with Crippen LogP contribution in [0.5, 0.6) is 0 Å². The van der Waals surface area contributed by atoms with Crippen molar-refractivity contribution >= 4 is 57.7 Å². The number of carbonyl (C=O) groups is 3. The molecule has 1 saturated heterocycles. The second-order valence-corrected chi connectivity index (χ2v) is 9.45. The van der Waals surface area contributed by atoms with Crippen LogP contribution in [0.4, 0.5) is 11.4 Å². The number of anilines is 1. The Labute approximate surface area is 211 Å². The number of aromatic carboxylic acids is 1. The number of hydrogen-bond acceptors (Lipinski definition) is 5. The number of carboxylic acids is 1. The lowest BCUT2D eigenvalue weighted by Crippen LogP contribution is -2.46. The molecule has 1 fully saturated rings. The van der Waals surface area contributed by atoms with E-state index in [1.807, 2.05) is 30.3 Å². The van der Waals surface area contributed by atoms with Gasteiger partial charge in [-0.15, -0.1) is 0 Å². The zero-order valence-corrected chi connectivity index (χ0v) is 20.1. The average molecular weight is 508 g/mol. The summed E-state index contributed by atoms with van der Waals surface area (Å²) in [5, 5.41) is 12.1. The fourth-order valence-corrected chi connectivity index (χ4v) is 4.87. The Balaban J connectivity index is 1.55. The van der Waals surface area contributed by atoms with Crippen LogP contribution in [0.15, 0.2) is 83.9 Å². The third-order valence-corrected chi connectivity index (χ3v) is 6.73. The predicted octanol–water partition coefficient (Wildman–Crippen LogP) is 5.24. The number of rotatable bonds is 7. The van der Waals surface area contributed by atoms with E-state index in [4.69, 9.17) is 11.6 Å². The van der Waals surface area contributed by atoms with Gasteiger partial charge in [0.05, 0.1) is 11.3 Å². The van der Waals surface area contributed by atoms with Crippen molar-refractivity contribution < 1.29 is 19.5 Å². The van der Waals surface area contributed by atoms with Crippen LogP contribution in [0.25, 0.3) is 0 Å². The summed E-state index contributed by atoms with van der Waals surface area (Å²) < 4.78 is 0. The highest BCUT2D eigenvalue weighted by Crippen LogP contribution is 2.31. The van der Waals surface area contributed by atoms with Crippen molar-refractivity contribution in [3.63, 3.8) is 0 Å². The number of nitrogens with one attached hydrogen (secondary N) is 1. The fourth-order valence-electron chi connectivity index (χ4n) is 3.56. The van der Waals surface area contributed by atoms with E-state index in [9.17, 15) is 19.5 Å². The Morgan fingerprint density at radius 2 is 1.83 bits per heavy atom. The Kier molecular flexibility index (Phi) is 7.84. The summed E-state index contributed by atoms with van der Waals surface area (Å²) in [6.07, 6.45) is 0.638. The summed E-state index contributed by atoms with van der Waals surface area (Å²) in [7, 11) is 0. The molecular formula is C26H22ClN3O4S. The summed E-state index contributed by atoms with van der Waals surface area (Å²) in [6.45, 7) is 0.421. The van der Waals surface area contributed by atoms with Crippen LogP contribution in [0.1, 0.15) is 22.3 Å². The first kappa shape index (κ1) is 24.5. The Hall–Kier alpha value is -3.62. The summed E-state index contributed by atoms with van der Waals surface area (Å²) in [5.41, 5.74) is 2.08. The third kappa shape index (κ3) is 6.49. The molecule has 178 valence electrons. The molecule has 1 heterocycles. The molecule has 2 N–H and O–H groups in total. The molecule has 1 aliphatic heterocycles. The number of amidine groups is 1. The van der Waals surface area contributed by atoms with Crippen molar-refractivity contribution in [1.82, 2.24) is 4.90 Å². The van der Waals surface area contributed by atoms with Gasteiger partial charge in [-0.1, -0.05) is 65.8 Å². The second kappa shape index (κ2) is 11.2. The first-order valence-corrected chi connectivity index (χ1v) is 12.1. The molecule has 1 unspecified atom stereocenters. The molecule has 1 atom stereocenters. The molecule has 1 aliphatic rings. The SMILES string of the molecule is O=C(O)c1cccc(NC(=O)C2CC(=O)N(CCc3ccccc3)C(=Nc3cccc(Cl)c3)S2)c1. The Morgan fingerprint density at radius 3 is 2.57 bits per heavy atom.